The first-order valence-electron chi connectivity index (χ1n) is 4.52. The molecule has 0 saturated carbocycles. The lowest BCUT2D eigenvalue weighted by atomic mass is 10.1. The number of hydrogen-bond acceptors (Lipinski definition) is 2. The molecule has 4 nitrogen and oxygen atoms in total. The van der Waals surface area contributed by atoms with E-state index in [0.29, 0.717) is 0 Å². The van der Waals surface area contributed by atoms with Gasteiger partial charge in [-0.3, -0.25) is 5.10 Å². The molecule has 15 heavy (non-hydrogen) atoms. The van der Waals surface area contributed by atoms with Crippen LogP contribution >= 0.6 is 0 Å². The topological polar surface area (TPSA) is 66.0 Å². The minimum Gasteiger partial charge on any atom is -0.478 e. The zero-order valence-electron chi connectivity index (χ0n) is 8.19. The molecule has 0 saturated heterocycles. The first-order valence-corrected chi connectivity index (χ1v) is 4.52. The Morgan fingerprint density at radius 1 is 1.47 bits per heavy atom. The molecule has 1 heterocycles. The number of aromatic amines is 1. The van der Waals surface area contributed by atoms with Gasteiger partial charge in [-0.05, 0) is 24.6 Å². The van der Waals surface area contributed by atoms with Gasteiger partial charge < -0.3 is 5.11 Å². The van der Waals surface area contributed by atoms with Crippen molar-refractivity contribution in [1.29, 1.82) is 0 Å². The quantitative estimate of drug-likeness (QED) is 0.783. The van der Waals surface area contributed by atoms with Crippen LogP contribution in [0.2, 0.25) is 0 Å². The van der Waals surface area contributed by atoms with Crippen molar-refractivity contribution < 1.29 is 9.90 Å². The molecule has 0 aliphatic rings. The molecular formula is C11H10N2O2. The number of benzene rings is 1. The maximum atomic E-state index is 10.8. The van der Waals surface area contributed by atoms with Crippen LogP contribution in [0.1, 0.15) is 15.9 Å². The standard InChI is InChI=1S/C11H10N2O2/c1-7-6-12-13-10(7)8-3-2-4-9(5-8)11(14)15/h2-6H,1H3,(H,12,13)(H,14,15). The highest BCUT2D eigenvalue weighted by Crippen LogP contribution is 2.21. The number of H-pyrrole nitrogens is 1. The molecule has 0 atom stereocenters. The summed E-state index contributed by atoms with van der Waals surface area (Å²) in [6.45, 7) is 1.92. The number of nitrogens with one attached hydrogen (secondary N) is 1. The summed E-state index contributed by atoms with van der Waals surface area (Å²) in [4.78, 5) is 10.8. The average Bonchev–Trinajstić information content (AvgIpc) is 2.64. The Hall–Kier alpha value is -2.10. The Morgan fingerprint density at radius 2 is 2.27 bits per heavy atom. The Bertz CT molecular complexity index is 503. The van der Waals surface area contributed by atoms with E-state index >= 15 is 0 Å². The molecule has 2 aromatic rings. The Morgan fingerprint density at radius 3 is 2.87 bits per heavy atom. The second-order valence-corrected chi connectivity index (χ2v) is 3.31. The highest BCUT2D eigenvalue weighted by molar-refractivity contribution is 5.89. The number of nitrogens with zero attached hydrogens (tertiary/aromatic N) is 1. The summed E-state index contributed by atoms with van der Waals surface area (Å²) in [6.07, 6.45) is 1.71. The maximum absolute atomic E-state index is 10.8. The van der Waals surface area contributed by atoms with E-state index in [9.17, 15) is 4.79 Å². The van der Waals surface area contributed by atoms with Crippen molar-refractivity contribution in [3.63, 3.8) is 0 Å². The zero-order chi connectivity index (χ0) is 10.8. The van der Waals surface area contributed by atoms with Gasteiger partial charge in [-0.2, -0.15) is 5.10 Å². The molecule has 1 aromatic carbocycles. The van der Waals surface area contributed by atoms with Gasteiger partial charge >= 0.3 is 5.97 Å². The molecule has 76 valence electrons. The van der Waals surface area contributed by atoms with Gasteiger partial charge in [0.15, 0.2) is 0 Å². The van der Waals surface area contributed by atoms with E-state index in [0.717, 1.165) is 16.8 Å². The molecule has 4 heteroatoms. The predicted octanol–water partition coefficient (Wildman–Crippen LogP) is 2.08. The molecule has 1 aromatic heterocycles. The van der Waals surface area contributed by atoms with Crippen molar-refractivity contribution in [1.82, 2.24) is 10.2 Å². The number of aromatic carboxylic acids is 1. The lowest BCUT2D eigenvalue weighted by Gasteiger charge is -2.00. The summed E-state index contributed by atoms with van der Waals surface area (Å²) in [5.74, 6) is -0.922. The van der Waals surface area contributed by atoms with E-state index in [1.807, 2.05) is 13.0 Å². The van der Waals surface area contributed by atoms with Gasteiger partial charge in [0.2, 0.25) is 0 Å². The Balaban J connectivity index is 2.50. The third-order valence-electron chi connectivity index (χ3n) is 2.23. The monoisotopic (exact) mass is 202 g/mol. The number of aromatic nitrogens is 2. The average molecular weight is 202 g/mol. The number of aryl methyl sites for hydroxylation is 1. The fourth-order valence-electron chi connectivity index (χ4n) is 1.45. The van der Waals surface area contributed by atoms with Gasteiger partial charge in [0.1, 0.15) is 0 Å². The van der Waals surface area contributed by atoms with Gasteiger partial charge in [0.05, 0.1) is 17.5 Å². The molecule has 0 unspecified atom stereocenters. The first-order chi connectivity index (χ1) is 7.18. The molecule has 0 fully saturated rings. The van der Waals surface area contributed by atoms with E-state index in [1.165, 1.54) is 0 Å². The highest BCUT2D eigenvalue weighted by atomic mass is 16.4. The van der Waals surface area contributed by atoms with Crippen LogP contribution < -0.4 is 0 Å². The second-order valence-electron chi connectivity index (χ2n) is 3.31. The van der Waals surface area contributed by atoms with Crippen LogP contribution in [0.5, 0.6) is 0 Å². The van der Waals surface area contributed by atoms with Crippen molar-refractivity contribution in [3.05, 3.63) is 41.6 Å². The van der Waals surface area contributed by atoms with Crippen molar-refractivity contribution in [2.24, 2.45) is 0 Å². The molecule has 0 amide bonds. The van der Waals surface area contributed by atoms with Crippen LogP contribution in [0.15, 0.2) is 30.5 Å². The maximum Gasteiger partial charge on any atom is 0.335 e. The molecular weight excluding hydrogens is 192 g/mol. The first kappa shape index (κ1) is 9.45. The van der Waals surface area contributed by atoms with Crippen LogP contribution in [-0.4, -0.2) is 21.3 Å². The van der Waals surface area contributed by atoms with E-state index in [1.54, 1.807) is 24.4 Å². The molecule has 0 aliphatic heterocycles. The summed E-state index contributed by atoms with van der Waals surface area (Å²) in [6, 6.07) is 6.77. The lowest BCUT2D eigenvalue weighted by molar-refractivity contribution is 0.0697. The van der Waals surface area contributed by atoms with Crippen LogP contribution in [0.4, 0.5) is 0 Å². The number of carboxylic acid groups (broad SMARTS) is 1. The van der Waals surface area contributed by atoms with Crippen molar-refractivity contribution >= 4 is 5.97 Å². The van der Waals surface area contributed by atoms with Gasteiger partial charge in [-0.15, -0.1) is 0 Å². The van der Waals surface area contributed by atoms with Gasteiger partial charge in [0.25, 0.3) is 0 Å². The Labute approximate surface area is 86.6 Å². The Kier molecular flexibility index (Phi) is 2.25. The van der Waals surface area contributed by atoms with E-state index < -0.39 is 5.97 Å². The lowest BCUT2D eigenvalue weighted by Crippen LogP contribution is -1.96. The van der Waals surface area contributed by atoms with Crippen molar-refractivity contribution in [3.8, 4) is 11.3 Å². The minimum atomic E-state index is -0.922. The molecule has 0 spiro atoms. The molecule has 2 N–H and O–H groups in total. The fourth-order valence-corrected chi connectivity index (χ4v) is 1.45. The molecule has 0 bridgehead atoms. The summed E-state index contributed by atoms with van der Waals surface area (Å²) in [5.41, 5.74) is 2.97. The molecule has 0 radical (unpaired) electrons. The van der Waals surface area contributed by atoms with Crippen LogP contribution in [0, 0.1) is 6.92 Å². The minimum absolute atomic E-state index is 0.279. The van der Waals surface area contributed by atoms with Crippen LogP contribution in [-0.2, 0) is 0 Å². The SMILES string of the molecule is Cc1cn[nH]c1-c1cccc(C(=O)O)c1. The van der Waals surface area contributed by atoms with Crippen molar-refractivity contribution in [2.75, 3.05) is 0 Å². The van der Waals surface area contributed by atoms with E-state index in [-0.39, 0.29) is 5.56 Å². The zero-order valence-corrected chi connectivity index (χ0v) is 8.19. The summed E-state index contributed by atoms with van der Waals surface area (Å²) in [5, 5.41) is 15.6. The molecule has 2 rings (SSSR count). The fraction of sp³-hybridized carbons (Fsp3) is 0.0909. The number of rotatable bonds is 2. The summed E-state index contributed by atoms with van der Waals surface area (Å²) < 4.78 is 0. The van der Waals surface area contributed by atoms with Gasteiger partial charge in [-0.25, -0.2) is 4.79 Å². The normalized spacial score (nSPS) is 10.2. The summed E-state index contributed by atoms with van der Waals surface area (Å²) >= 11 is 0. The highest BCUT2D eigenvalue weighted by Gasteiger charge is 2.07. The van der Waals surface area contributed by atoms with Gasteiger partial charge in [-0.1, -0.05) is 12.1 Å². The summed E-state index contributed by atoms with van der Waals surface area (Å²) in [7, 11) is 0. The third kappa shape index (κ3) is 1.74. The largest absolute Gasteiger partial charge is 0.478 e. The molecule has 0 aliphatic carbocycles. The third-order valence-corrected chi connectivity index (χ3v) is 2.23. The van der Waals surface area contributed by atoms with E-state index in [4.69, 9.17) is 5.11 Å². The number of carbonyl (C=O) groups is 1. The predicted molar refractivity (Wildman–Crippen MR) is 55.7 cm³/mol. The number of hydrogen-bond donors (Lipinski definition) is 2. The van der Waals surface area contributed by atoms with Crippen LogP contribution in [0.3, 0.4) is 0 Å². The van der Waals surface area contributed by atoms with E-state index in [2.05, 4.69) is 10.2 Å². The van der Waals surface area contributed by atoms with Gasteiger partial charge in [0, 0.05) is 5.56 Å². The van der Waals surface area contributed by atoms with Crippen molar-refractivity contribution in [2.45, 2.75) is 6.92 Å². The smallest absolute Gasteiger partial charge is 0.335 e. The van der Waals surface area contributed by atoms with Crippen LogP contribution in [0.25, 0.3) is 11.3 Å². The second kappa shape index (κ2) is 3.57. The number of carboxylic acids is 1.